The third-order valence-electron chi connectivity index (χ3n) is 6.40. The fourth-order valence-corrected chi connectivity index (χ4v) is 4.64. The second-order valence-corrected chi connectivity index (χ2v) is 8.83. The maximum absolute atomic E-state index is 13.7. The van der Waals surface area contributed by atoms with Crippen molar-refractivity contribution < 1.29 is 28.6 Å². The number of benzene rings is 3. The number of methoxy groups -OCH3 is 1. The van der Waals surface area contributed by atoms with Crippen LogP contribution in [-0.2, 0) is 11.4 Å². The van der Waals surface area contributed by atoms with Crippen molar-refractivity contribution in [3.8, 4) is 11.5 Å². The van der Waals surface area contributed by atoms with Gasteiger partial charge >= 0.3 is 0 Å². The summed E-state index contributed by atoms with van der Waals surface area (Å²) in [4.78, 5) is 28.3. The van der Waals surface area contributed by atoms with E-state index in [1.54, 1.807) is 37.4 Å². The molecule has 0 radical (unpaired) electrons. The lowest BCUT2D eigenvalue weighted by Gasteiger charge is -2.27. The number of nitrogens with zero attached hydrogens (tertiary/aromatic N) is 1. The van der Waals surface area contributed by atoms with Gasteiger partial charge in [0.1, 0.15) is 12.2 Å². The lowest BCUT2D eigenvalue weighted by atomic mass is 9.94. The first-order valence-electron chi connectivity index (χ1n) is 12.1. The molecule has 1 aliphatic heterocycles. The quantitative estimate of drug-likeness (QED) is 0.285. The van der Waals surface area contributed by atoms with E-state index in [1.165, 1.54) is 4.90 Å². The zero-order valence-electron chi connectivity index (χ0n) is 20.6. The largest absolute Gasteiger partial charge is 0.503 e. The molecular weight excluding hydrogens is 470 g/mol. The Kier molecular flexibility index (Phi) is 6.68. The van der Waals surface area contributed by atoms with Crippen molar-refractivity contribution >= 4 is 22.7 Å². The van der Waals surface area contributed by atoms with Crippen molar-refractivity contribution in [1.29, 1.82) is 0 Å². The second kappa shape index (κ2) is 10.2. The summed E-state index contributed by atoms with van der Waals surface area (Å²) in [6.07, 6.45) is 0.648. The van der Waals surface area contributed by atoms with Crippen molar-refractivity contribution in [2.24, 2.45) is 0 Å². The van der Waals surface area contributed by atoms with E-state index >= 15 is 0 Å². The van der Waals surface area contributed by atoms with Crippen LogP contribution in [0.25, 0.3) is 11.0 Å². The average molecular weight is 498 g/mol. The van der Waals surface area contributed by atoms with Gasteiger partial charge in [-0.3, -0.25) is 9.59 Å². The first-order valence-corrected chi connectivity index (χ1v) is 12.1. The van der Waals surface area contributed by atoms with Crippen LogP contribution >= 0.6 is 0 Å². The number of ketones is 1. The van der Waals surface area contributed by atoms with Crippen LogP contribution in [0.15, 0.2) is 94.6 Å². The van der Waals surface area contributed by atoms with Crippen LogP contribution < -0.4 is 9.47 Å². The van der Waals surface area contributed by atoms with Crippen molar-refractivity contribution in [3.05, 3.63) is 107 Å². The Labute approximate surface area is 214 Å². The molecular formula is C30H27NO6. The number of furan rings is 1. The average Bonchev–Trinajstić information content (AvgIpc) is 3.47. The Morgan fingerprint density at radius 3 is 2.49 bits per heavy atom. The van der Waals surface area contributed by atoms with Crippen LogP contribution in [0.1, 0.15) is 41.1 Å². The maximum Gasteiger partial charge on any atom is 0.290 e. The van der Waals surface area contributed by atoms with E-state index in [2.05, 4.69) is 0 Å². The highest BCUT2D eigenvalue weighted by Gasteiger charge is 2.44. The monoisotopic (exact) mass is 497 g/mol. The molecule has 1 amide bonds. The number of aliphatic hydroxyl groups is 1. The Bertz CT molecular complexity index is 1450. The minimum atomic E-state index is -0.807. The molecule has 0 bridgehead atoms. The van der Waals surface area contributed by atoms with E-state index in [0.717, 1.165) is 10.9 Å². The van der Waals surface area contributed by atoms with Crippen molar-refractivity contribution in [1.82, 2.24) is 4.90 Å². The summed E-state index contributed by atoms with van der Waals surface area (Å²) < 4.78 is 17.4. The predicted octanol–water partition coefficient (Wildman–Crippen LogP) is 6.01. The third-order valence-corrected chi connectivity index (χ3v) is 6.40. The number of ether oxygens (including phenoxy) is 2. The van der Waals surface area contributed by atoms with Gasteiger partial charge in [0.15, 0.2) is 23.0 Å². The van der Waals surface area contributed by atoms with Gasteiger partial charge in [0.25, 0.3) is 5.91 Å². The smallest absolute Gasteiger partial charge is 0.290 e. The van der Waals surface area contributed by atoms with E-state index in [1.807, 2.05) is 55.5 Å². The molecule has 1 unspecified atom stereocenters. The predicted molar refractivity (Wildman–Crippen MR) is 139 cm³/mol. The van der Waals surface area contributed by atoms with Gasteiger partial charge in [-0.25, -0.2) is 0 Å². The number of hydrogen-bond acceptors (Lipinski definition) is 6. The molecule has 188 valence electrons. The molecule has 1 aromatic heterocycles. The maximum atomic E-state index is 13.7. The number of carbonyl (C=O) groups excluding carboxylic acids is 2. The molecule has 7 heteroatoms. The Morgan fingerprint density at radius 1 is 1.00 bits per heavy atom. The number of carbonyl (C=O) groups is 2. The first kappa shape index (κ1) is 24.2. The number of para-hydroxylation sites is 1. The summed E-state index contributed by atoms with van der Waals surface area (Å²) >= 11 is 0. The number of rotatable bonds is 9. The first-order chi connectivity index (χ1) is 18.0. The number of Topliss-reactive ketones (excluding diaryl/α,β-unsaturated/α-hetero) is 1. The van der Waals surface area contributed by atoms with Crippen molar-refractivity contribution in [3.63, 3.8) is 0 Å². The van der Waals surface area contributed by atoms with Crippen LogP contribution in [0.5, 0.6) is 11.5 Å². The van der Waals surface area contributed by atoms with Gasteiger partial charge in [-0.05, 0) is 41.8 Å². The fraction of sp³-hybridized carbons (Fsp3) is 0.200. The van der Waals surface area contributed by atoms with Gasteiger partial charge in [0, 0.05) is 11.9 Å². The topological polar surface area (TPSA) is 89.2 Å². The molecule has 37 heavy (non-hydrogen) atoms. The van der Waals surface area contributed by atoms with E-state index < -0.39 is 23.5 Å². The Morgan fingerprint density at radius 2 is 1.76 bits per heavy atom. The summed E-state index contributed by atoms with van der Waals surface area (Å²) in [5.74, 6) is -0.638. The molecule has 7 nitrogen and oxygen atoms in total. The number of hydrogen-bond donors (Lipinski definition) is 1. The molecule has 1 N–H and O–H groups in total. The molecule has 0 saturated carbocycles. The van der Waals surface area contributed by atoms with Gasteiger partial charge in [0.2, 0.25) is 5.78 Å². The van der Waals surface area contributed by atoms with Crippen LogP contribution in [0.2, 0.25) is 0 Å². The SMILES string of the molecule is CCCN1C(=O)C(O)=C(C(=O)c2cc3ccccc3o2)C1c1ccc(OC)c(OCc2ccccc2)c1. The van der Waals surface area contributed by atoms with Gasteiger partial charge < -0.3 is 23.9 Å². The minimum Gasteiger partial charge on any atom is -0.503 e. The highest BCUT2D eigenvalue weighted by molar-refractivity contribution is 6.16. The molecule has 0 spiro atoms. The normalized spacial score (nSPS) is 15.5. The van der Waals surface area contributed by atoms with Crippen LogP contribution in [0.4, 0.5) is 0 Å². The number of aliphatic hydroxyl groups excluding tert-OH is 1. The van der Waals surface area contributed by atoms with E-state index in [9.17, 15) is 14.7 Å². The fourth-order valence-electron chi connectivity index (χ4n) is 4.64. The van der Waals surface area contributed by atoms with Gasteiger partial charge in [0.05, 0.1) is 18.7 Å². The van der Waals surface area contributed by atoms with Crippen molar-refractivity contribution in [2.75, 3.05) is 13.7 Å². The van der Waals surface area contributed by atoms with E-state index in [4.69, 9.17) is 13.9 Å². The van der Waals surface area contributed by atoms with E-state index in [-0.39, 0.29) is 11.3 Å². The standard InChI is InChI=1S/C30H27NO6/c1-3-15-31-27(21-13-14-23(35-2)24(17-21)36-18-19-9-5-4-6-10-19)26(29(33)30(31)34)28(32)25-16-20-11-7-8-12-22(20)37-25/h4-14,16-17,27,33H,3,15,18H2,1-2H3. The highest BCUT2D eigenvalue weighted by Crippen LogP contribution is 2.42. The molecule has 5 rings (SSSR count). The molecule has 1 atom stereocenters. The van der Waals surface area contributed by atoms with Gasteiger partial charge in [-0.15, -0.1) is 0 Å². The lowest BCUT2D eigenvalue weighted by Crippen LogP contribution is -2.31. The summed E-state index contributed by atoms with van der Waals surface area (Å²) in [6.45, 7) is 2.61. The summed E-state index contributed by atoms with van der Waals surface area (Å²) in [7, 11) is 1.55. The van der Waals surface area contributed by atoms with Crippen LogP contribution in [0.3, 0.4) is 0 Å². The summed E-state index contributed by atoms with van der Waals surface area (Å²) in [5.41, 5.74) is 2.14. The highest BCUT2D eigenvalue weighted by atomic mass is 16.5. The summed E-state index contributed by atoms with van der Waals surface area (Å²) in [5, 5.41) is 11.6. The zero-order chi connectivity index (χ0) is 25.9. The van der Waals surface area contributed by atoms with Gasteiger partial charge in [-0.1, -0.05) is 61.5 Å². The molecule has 2 heterocycles. The van der Waals surface area contributed by atoms with Crippen molar-refractivity contribution in [2.45, 2.75) is 26.0 Å². The van der Waals surface area contributed by atoms with E-state index in [0.29, 0.717) is 42.2 Å². The molecule has 0 saturated heterocycles. The second-order valence-electron chi connectivity index (χ2n) is 8.83. The lowest BCUT2D eigenvalue weighted by molar-refractivity contribution is -0.129. The van der Waals surface area contributed by atoms with Crippen LogP contribution in [-0.4, -0.2) is 35.4 Å². The Hall–Kier alpha value is -4.52. The molecule has 4 aromatic rings. The molecule has 0 fully saturated rings. The molecule has 1 aliphatic rings. The van der Waals surface area contributed by atoms with Crippen LogP contribution in [0, 0.1) is 0 Å². The zero-order valence-corrected chi connectivity index (χ0v) is 20.6. The Balaban J connectivity index is 1.54. The third kappa shape index (κ3) is 4.56. The van der Waals surface area contributed by atoms with Gasteiger partial charge in [-0.2, -0.15) is 0 Å². The number of fused-ring (bicyclic) bond motifs is 1. The summed E-state index contributed by atoms with van der Waals surface area (Å²) in [6, 6.07) is 23.1. The minimum absolute atomic E-state index is 0.0170. The molecule has 0 aliphatic carbocycles. The number of amides is 1. The molecule has 3 aromatic carbocycles.